The Hall–Kier alpha value is -1.65. The van der Waals surface area contributed by atoms with Crippen molar-refractivity contribution in [3.8, 4) is 0 Å². The van der Waals surface area contributed by atoms with Crippen molar-refractivity contribution in [3.05, 3.63) is 18.1 Å². The molecule has 21 heavy (non-hydrogen) atoms. The Bertz CT molecular complexity index is 494. The molecule has 0 bridgehead atoms. The fourth-order valence-electron chi connectivity index (χ4n) is 2.97. The lowest BCUT2D eigenvalue weighted by Crippen LogP contribution is -2.49. The molecule has 0 aliphatic heterocycles. The van der Waals surface area contributed by atoms with Crippen molar-refractivity contribution in [1.29, 1.82) is 0 Å². The maximum atomic E-state index is 11.8. The molecule has 1 aromatic heterocycles. The Morgan fingerprint density at radius 2 is 2.10 bits per heavy atom. The smallest absolute Gasteiger partial charge is 0.329 e. The molecule has 0 spiro atoms. The molecule has 0 radical (unpaired) electrons. The number of aliphatic carboxylic acids is 1. The van der Waals surface area contributed by atoms with Crippen LogP contribution in [0.3, 0.4) is 0 Å². The number of carboxylic acid groups (broad SMARTS) is 1. The summed E-state index contributed by atoms with van der Waals surface area (Å²) in [6, 6.07) is 1.86. The van der Waals surface area contributed by atoms with Gasteiger partial charge in [-0.2, -0.15) is 0 Å². The lowest BCUT2D eigenvalue weighted by Gasteiger charge is -2.37. The predicted octanol–water partition coefficient (Wildman–Crippen LogP) is 3.44. The first kappa shape index (κ1) is 15.7. The molecule has 0 amide bonds. The summed E-state index contributed by atoms with van der Waals surface area (Å²) in [5.41, 5.74) is 0.0455. The first-order valence-corrected chi connectivity index (χ1v) is 7.80. The Kier molecular flexibility index (Phi) is 4.80. The molecule has 1 heterocycles. The highest BCUT2D eigenvalue weighted by molar-refractivity contribution is 5.82. The minimum Gasteiger partial charge on any atom is -0.480 e. The summed E-state index contributed by atoms with van der Waals surface area (Å²) in [7, 11) is 0. The number of hydrogen-bond acceptors (Lipinski definition) is 4. The van der Waals surface area contributed by atoms with Crippen molar-refractivity contribution < 1.29 is 9.90 Å². The van der Waals surface area contributed by atoms with E-state index >= 15 is 0 Å². The molecule has 2 N–H and O–H groups in total. The van der Waals surface area contributed by atoms with Gasteiger partial charge in [0.25, 0.3) is 0 Å². The molecular formula is C16H25N3O2. The van der Waals surface area contributed by atoms with E-state index in [1.165, 1.54) is 6.33 Å². The minimum atomic E-state index is -0.881. The molecular weight excluding hydrogens is 266 g/mol. The number of nitrogens with zero attached hydrogens (tertiary/aromatic N) is 2. The van der Waals surface area contributed by atoms with Crippen molar-refractivity contribution in [2.75, 3.05) is 5.32 Å². The van der Waals surface area contributed by atoms with E-state index in [9.17, 15) is 9.90 Å². The number of hydrogen-bond donors (Lipinski definition) is 2. The quantitative estimate of drug-likeness (QED) is 0.869. The molecule has 0 saturated heterocycles. The lowest BCUT2D eigenvalue weighted by atomic mass is 9.75. The number of carbonyl (C=O) groups is 1. The summed E-state index contributed by atoms with van der Waals surface area (Å²) in [4.78, 5) is 20.2. The summed E-state index contributed by atoms with van der Waals surface area (Å²) in [5.74, 6) is 0.786. The van der Waals surface area contributed by atoms with Crippen LogP contribution in [0.4, 0.5) is 5.82 Å². The van der Waals surface area contributed by atoms with Crippen LogP contribution in [-0.2, 0) is 4.79 Å². The summed E-state index contributed by atoms with van der Waals surface area (Å²) >= 11 is 0. The predicted molar refractivity (Wildman–Crippen MR) is 82.4 cm³/mol. The molecule has 1 aliphatic carbocycles. The SMILES string of the molecule is CCC1CCC(Nc2cc(C(C)C)ncn2)(C(=O)O)CC1. The third-order valence-corrected chi connectivity index (χ3v) is 4.59. The zero-order valence-electron chi connectivity index (χ0n) is 13.1. The molecule has 116 valence electrons. The normalized spacial score (nSPS) is 25.8. The number of carboxylic acids is 1. The van der Waals surface area contributed by atoms with Crippen molar-refractivity contribution in [2.45, 2.75) is 64.3 Å². The maximum Gasteiger partial charge on any atom is 0.329 e. The first-order chi connectivity index (χ1) is 9.97. The molecule has 5 nitrogen and oxygen atoms in total. The first-order valence-electron chi connectivity index (χ1n) is 7.80. The Morgan fingerprint density at radius 1 is 1.43 bits per heavy atom. The van der Waals surface area contributed by atoms with Crippen molar-refractivity contribution in [3.63, 3.8) is 0 Å². The number of anilines is 1. The summed E-state index contributed by atoms with van der Waals surface area (Å²) in [6.45, 7) is 6.29. The second-order valence-corrected chi connectivity index (χ2v) is 6.35. The third kappa shape index (κ3) is 3.52. The van der Waals surface area contributed by atoms with Gasteiger partial charge in [-0.1, -0.05) is 27.2 Å². The zero-order valence-corrected chi connectivity index (χ0v) is 13.1. The Labute approximate surface area is 126 Å². The number of rotatable bonds is 5. The summed E-state index contributed by atoms with van der Waals surface area (Å²) in [6.07, 6.45) is 5.85. The highest BCUT2D eigenvalue weighted by atomic mass is 16.4. The van der Waals surface area contributed by atoms with Crippen LogP contribution >= 0.6 is 0 Å². The van der Waals surface area contributed by atoms with E-state index < -0.39 is 11.5 Å². The van der Waals surface area contributed by atoms with Gasteiger partial charge in [-0.05, 0) is 37.5 Å². The third-order valence-electron chi connectivity index (χ3n) is 4.59. The topological polar surface area (TPSA) is 75.1 Å². The molecule has 5 heteroatoms. The van der Waals surface area contributed by atoms with Gasteiger partial charge < -0.3 is 10.4 Å². The van der Waals surface area contributed by atoms with Crippen LogP contribution in [0.1, 0.15) is 64.5 Å². The van der Waals surface area contributed by atoms with Crippen LogP contribution in [0.25, 0.3) is 0 Å². The molecule has 0 atom stereocenters. The lowest BCUT2D eigenvalue weighted by molar-refractivity contribution is -0.143. The summed E-state index contributed by atoms with van der Waals surface area (Å²) in [5, 5.41) is 12.9. The molecule has 1 aliphatic rings. The monoisotopic (exact) mass is 291 g/mol. The van der Waals surface area contributed by atoms with Crippen molar-refractivity contribution in [2.24, 2.45) is 5.92 Å². The van der Waals surface area contributed by atoms with Gasteiger partial charge in [0.2, 0.25) is 0 Å². The van der Waals surface area contributed by atoms with Crippen LogP contribution in [-0.4, -0.2) is 26.6 Å². The molecule has 1 fully saturated rings. The molecule has 2 rings (SSSR count). The Balaban J connectivity index is 2.17. The minimum absolute atomic E-state index is 0.296. The average molecular weight is 291 g/mol. The van der Waals surface area contributed by atoms with Gasteiger partial charge in [-0.15, -0.1) is 0 Å². The van der Waals surface area contributed by atoms with Crippen LogP contribution in [0.15, 0.2) is 12.4 Å². The van der Waals surface area contributed by atoms with E-state index in [2.05, 4.69) is 36.1 Å². The van der Waals surface area contributed by atoms with Gasteiger partial charge in [0.05, 0.1) is 0 Å². The molecule has 1 aromatic rings. The highest BCUT2D eigenvalue weighted by Crippen LogP contribution is 2.36. The van der Waals surface area contributed by atoms with Gasteiger partial charge >= 0.3 is 5.97 Å². The Morgan fingerprint density at radius 3 is 2.62 bits per heavy atom. The van der Waals surface area contributed by atoms with Crippen LogP contribution in [0.5, 0.6) is 0 Å². The van der Waals surface area contributed by atoms with Gasteiger partial charge in [-0.3, -0.25) is 0 Å². The fourth-order valence-corrected chi connectivity index (χ4v) is 2.97. The fraction of sp³-hybridized carbons (Fsp3) is 0.688. The summed E-state index contributed by atoms with van der Waals surface area (Å²) < 4.78 is 0. The van der Waals surface area contributed by atoms with Crippen molar-refractivity contribution >= 4 is 11.8 Å². The second kappa shape index (κ2) is 6.41. The van der Waals surface area contributed by atoms with Crippen LogP contribution in [0.2, 0.25) is 0 Å². The van der Waals surface area contributed by atoms with Crippen LogP contribution < -0.4 is 5.32 Å². The van der Waals surface area contributed by atoms with E-state index in [1.54, 1.807) is 0 Å². The van der Waals surface area contributed by atoms with Crippen LogP contribution in [0, 0.1) is 5.92 Å². The standard InChI is InChI=1S/C16H25N3O2/c1-4-12-5-7-16(8-6-12,15(20)21)19-14-9-13(11(2)3)17-10-18-14/h9-12H,4-8H2,1-3H3,(H,20,21)(H,17,18,19). The van der Waals surface area contributed by atoms with Gasteiger partial charge in [0.15, 0.2) is 0 Å². The largest absolute Gasteiger partial charge is 0.480 e. The van der Waals surface area contributed by atoms with E-state index in [0.29, 0.717) is 30.5 Å². The van der Waals surface area contributed by atoms with Crippen molar-refractivity contribution in [1.82, 2.24) is 9.97 Å². The van der Waals surface area contributed by atoms with Gasteiger partial charge in [-0.25, -0.2) is 14.8 Å². The van der Waals surface area contributed by atoms with E-state index in [0.717, 1.165) is 25.0 Å². The maximum absolute atomic E-state index is 11.8. The average Bonchev–Trinajstić information content (AvgIpc) is 2.48. The zero-order chi connectivity index (χ0) is 15.5. The van der Waals surface area contributed by atoms with E-state index in [-0.39, 0.29) is 0 Å². The number of nitrogens with one attached hydrogen (secondary N) is 1. The number of aromatic nitrogens is 2. The van der Waals surface area contributed by atoms with Gasteiger partial charge in [0.1, 0.15) is 17.7 Å². The molecule has 1 saturated carbocycles. The second-order valence-electron chi connectivity index (χ2n) is 6.35. The molecule has 0 unspecified atom stereocenters. The van der Waals surface area contributed by atoms with Gasteiger partial charge in [0, 0.05) is 11.8 Å². The van der Waals surface area contributed by atoms with E-state index in [1.807, 2.05) is 6.07 Å². The van der Waals surface area contributed by atoms with E-state index in [4.69, 9.17) is 0 Å². The highest BCUT2D eigenvalue weighted by Gasteiger charge is 2.42. The molecule has 0 aromatic carbocycles.